The van der Waals surface area contributed by atoms with E-state index in [9.17, 15) is 21.6 Å². The van der Waals surface area contributed by atoms with Gasteiger partial charge in [0, 0.05) is 12.7 Å². The van der Waals surface area contributed by atoms with E-state index in [4.69, 9.17) is 9.47 Å². The number of benzene rings is 1. The third-order valence-electron chi connectivity index (χ3n) is 2.67. The van der Waals surface area contributed by atoms with Crippen LogP contribution in [0.3, 0.4) is 0 Å². The van der Waals surface area contributed by atoms with Crippen LogP contribution in [0.1, 0.15) is 11.1 Å². The van der Waals surface area contributed by atoms with Gasteiger partial charge in [-0.3, -0.25) is 0 Å². The highest BCUT2D eigenvalue weighted by molar-refractivity contribution is 7.88. The second-order valence-electron chi connectivity index (χ2n) is 4.46. The van der Waals surface area contributed by atoms with Crippen LogP contribution in [-0.2, 0) is 32.6 Å². The van der Waals surface area contributed by atoms with Crippen molar-refractivity contribution >= 4 is 10.1 Å². The number of alkyl halides is 3. The molecule has 0 aromatic heterocycles. The third kappa shape index (κ3) is 5.85. The van der Waals surface area contributed by atoms with E-state index < -0.39 is 15.6 Å². The average molecular weight is 354 g/mol. The summed E-state index contributed by atoms with van der Waals surface area (Å²) in [5.41, 5.74) is -4.56. The zero-order valence-electron chi connectivity index (χ0n) is 12.4. The predicted molar refractivity (Wildman–Crippen MR) is 77.5 cm³/mol. The lowest BCUT2D eigenvalue weighted by Gasteiger charge is -2.13. The summed E-state index contributed by atoms with van der Waals surface area (Å²) in [7, 11) is -4.18. The highest BCUT2D eigenvalue weighted by Gasteiger charge is 2.48. The molecule has 0 heterocycles. The fraction of sp³-hybridized carbons (Fsp3) is 0.429. The summed E-state index contributed by atoms with van der Waals surface area (Å²) >= 11 is 0. The highest BCUT2D eigenvalue weighted by atomic mass is 32.2. The average Bonchev–Trinajstić information content (AvgIpc) is 2.45. The minimum Gasteiger partial charge on any atom is -0.382 e. The molecule has 0 atom stereocenters. The van der Waals surface area contributed by atoms with Crippen LogP contribution in [-0.4, -0.2) is 34.2 Å². The summed E-state index contributed by atoms with van der Waals surface area (Å²) < 4.78 is 73.7. The number of rotatable bonds is 9. The van der Waals surface area contributed by atoms with Gasteiger partial charge in [-0.25, -0.2) is 0 Å². The number of ether oxygens (including phenoxy) is 2. The Labute approximate surface area is 132 Å². The zero-order valence-corrected chi connectivity index (χ0v) is 13.2. The molecule has 0 aliphatic rings. The van der Waals surface area contributed by atoms with Crippen molar-refractivity contribution in [3.8, 4) is 5.75 Å². The van der Waals surface area contributed by atoms with Crippen LogP contribution in [0.15, 0.2) is 30.9 Å². The molecule has 0 amide bonds. The molecule has 0 saturated heterocycles. The van der Waals surface area contributed by atoms with E-state index in [1.54, 1.807) is 0 Å². The molecular weight excluding hydrogens is 337 g/mol. The molecule has 0 saturated carbocycles. The maximum absolute atomic E-state index is 12.4. The van der Waals surface area contributed by atoms with E-state index in [1.165, 1.54) is 25.3 Å². The Balaban J connectivity index is 2.94. The van der Waals surface area contributed by atoms with Crippen molar-refractivity contribution in [2.24, 2.45) is 0 Å². The van der Waals surface area contributed by atoms with E-state index in [0.29, 0.717) is 18.8 Å². The lowest BCUT2D eigenvalue weighted by atomic mass is 10.1. The molecule has 0 N–H and O–H groups in total. The molecule has 9 heteroatoms. The SMILES string of the molecule is C=CCc1cc(COCCOC)ccc1OS(=O)(=O)C(F)(F)F. The van der Waals surface area contributed by atoms with Gasteiger partial charge in [-0.2, -0.15) is 21.6 Å². The molecule has 23 heavy (non-hydrogen) atoms. The Bertz CT molecular complexity index is 626. The molecule has 0 aliphatic heterocycles. The van der Waals surface area contributed by atoms with Crippen molar-refractivity contribution in [1.29, 1.82) is 0 Å². The summed E-state index contributed by atoms with van der Waals surface area (Å²) in [6.07, 6.45) is 1.58. The summed E-state index contributed by atoms with van der Waals surface area (Å²) in [5.74, 6) is -0.386. The van der Waals surface area contributed by atoms with Crippen LogP contribution in [0.25, 0.3) is 0 Å². The molecule has 0 bridgehead atoms. The second kappa shape index (κ2) is 8.32. The molecule has 1 rings (SSSR count). The standard InChI is InChI=1S/C14H17F3O5S/c1-3-4-12-9-11(10-21-8-7-20-2)5-6-13(12)22-23(18,19)14(15,16)17/h3,5-6,9H,1,4,7-8,10H2,2H3. The predicted octanol–water partition coefficient (Wildman–Crippen LogP) is 2.81. The topological polar surface area (TPSA) is 61.8 Å². The van der Waals surface area contributed by atoms with E-state index in [1.807, 2.05) is 0 Å². The number of methoxy groups -OCH3 is 1. The van der Waals surface area contributed by atoms with Gasteiger partial charge in [0.15, 0.2) is 0 Å². The van der Waals surface area contributed by atoms with Crippen molar-refractivity contribution in [3.63, 3.8) is 0 Å². The van der Waals surface area contributed by atoms with Gasteiger partial charge in [-0.05, 0) is 24.1 Å². The van der Waals surface area contributed by atoms with Crippen LogP contribution in [0, 0.1) is 0 Å². The van der Waals surface area contributed by atoms with Gasteiger partial charge in [-0.1, -0.05) is 12.1 Å². The number of hydrogen-bond acceptors (Lipinski definition) is 5. The van der Waals surface area contributed by atoms with Crippen LogP contribution in [0.2, 0.25) is 0 Å². The molecule has 0 aliphatic carbocycles. The second-order valence-corrected chi connectivity index (χ2v) is 6.00. The molecule has 0 radical (unpaired) electrons. The van der Waals surface area contributed by atoms with Crippen LogP contribution in [0.5, 0.6) is 5.75 Å². The minimum atomic E-state index is -5.71. The first-order chi connectivity index (χ1) is 10.7. The van der Waals surface area contributed by atoms with Crippen LogP contribution < -0.4 is 4.18 Å². The van der Waals surface area contributed by atoms with Gasteiger partial charge in [0.1, 0.15) is 5.75 Å². The van der Waals surface area contributed by atoms with E-state index in [-0.39, 0.29) is 24.3 Å². The number of halogens is 3. The summed E-state index contributed by atoms with van der Waals surface area (Å²) in [5, 5.41) is 0. The van der Waals surface area contributed by atoms with E-state index in [2.05, 4.69) is 10.8 Å². The Morgan fingerprint density at radius 2 is 1.96 bits per heavy atom. The van der Waals surface area contributed by atoms with Crippen molar-refractivity contribution in [2.45, 2.75) is 18.5 Å². The highest BCUT2D eigenvalue weighted by Crippen LogP contribution is 2.30. The normalized spacial score (nSPS) is 12.2. The molecule has 5 nitrogen and oxygen atoms in total. The van der Waals surface area contributed by atoms with Crippen molar-refractivity contribution in [3.05, 3.63) is 42.0 Å². The Hall–Kier alpha value is -1.58. The van der Waals surface area contributed by atoms with Gasteiger partial charge in [0.05, 0.1) is 19.8 Å². The molecule has 1 aromatic carbocycles. The first kappa shape index (κ1) is 19.5. The Kier molecular flexibility index (Phi) is 7.04. The Morgan fingerprint density at radius 1 is 1.26 bits per heavy atom. The molecule has 0 unspecified atom stereocenters. The first-order valence-corrected chi connectivity index (χ1v) is 7.92. The maximum Gasteiger partial charge on any atom is 0.534 e. The Morgan fingerprint density at radius 3 is 2.52 bits per heavy atom. The van der Waals surface area contributed by atoms with Gasteiger partial charge < -0.3 is 13.7 Å². The fourth-order valence-electron chi connectivity index (χ4n) is 1.62. The monoisotopic (exact) mass is 354 g/mol. The molecular formula is C14H17F3O5S. The summed E-state index contributed by atoms with van der Waals surface area (Å²) in [4.78, 5) is 0. The van der Waals surface area contributed by atoms with Crippen LogP contribution >= 0.6 is 0 Å². The van der Waals surface area contributed by atoms with Gasteiger partial charge >= 0.3 is 15.6 Å². The van der Waals surface area contributed by atoms with Crippen LogP contribution in [0.4, 0.5) is 13.2 Å². The van der Waals surface area contributed by atoms with Crippen molar-refractivity contribution < 1.29 is 35.2 Å². The third-order valence-corrected chi connectivity index (χ3v) is 3.64. The van der Waals surface area contributed by atoms with Crippen molar-refractivity contribution in [2.75, 3.05) is 20.3 Å². The fourth-order valence-corrected chi connectivity index (χ4v) is 2.11. The minimum absolute atomic E-state index is 0.147. The molecule has 130 valence electrons. The quantitative estimate of drug-likeness (QED) is 0.295. The van der Waals surface area contributed by atoms with Gasteiger partial charge in [0.25, 0.3) is 0 Å². The summed E-state index contributed by atoms with van der Waals surface area (Å²) in [6.45, 7) is 4.45. The molecule has 1 aromatic rings. The molecule has 0 fully saturated rings. The summed E-state index contributed by atoms with van der Waals surface area (Å²) in [6, 6.07) is 4.10. The number of hydrogen-bond donors (Lipinski definition) is 0. The molecule has 0 spiro atoms. The lowest BCUT2D eigenvalue weighted by Crippen LogP contribution is -2.28. The number of allylic oxidation sites excluding steroid dienone is 1. The zero-order chi connectivity index (χ0) is 17.5. The van der Waals surface area contributed by atoms with E-state index >= 15 is 0 Å². The van der Waals surface area contributed by atoms with Gasteiger partial charge in [-0.15, -0.1) is 6.58 Å². The smallest absolute Gasteiger partial charge is 0.382 e. The first-order valence-electron chi connectivity index (χ1n) is 6.51. The lowest BCUT2D eigenvalue weighted by molar-refractivity contribution is -0.0500. The van der Waals surface area contributed by atoms with Crippen molar-refractivity contribution in [1.82, 2.24) is 0 Å². The van der Waals surface area contributed by atoms with E-state index in [0.717, 1.165) is 6.07 Å². The maximum atomic E-state index is 12.4. The van der Waals surface area contributed by atoms with Gasteiger partial charge in [0.2, 0.25) is 0 Å². The largest absolute Gasteiger partial charge is 0.534 e.